The van der Waals surface area contributed by atoms with E-state index in [1.165, 1.54) is 25.7 Å². The van der Waals surface area contributed by atoms with Crippen molar-refractivity contribution in [1.82, 2.24) is 0 Å². The van der Waals surface area contributed by atoms with Gasteiger partial charge in [0.25, 0.3) is 0 Å². The van der Waals surface area contributed by atoms with E-state index >= 15 is 0 Å². The van der Waals surface area contributed by atoms with Gasteiger partial charge in [0.1, 0.15) is 17.5 Å². The first-order chi connectivity index (χ1) is 11.3. The molecule has 5 aliphatic rings. The highest BCUT2D eigenvalue weighted by Gasteiger charge is 2.76. The highest BCUT2D eigenvalue weighted by atomic mass is 16.6. The Morgan fingerprint density at radius 2 is 1.83 bits per heavy atom. The molecule has 0 N–H and O–H groups in total. The number of ether oxygens (including phenoxy) is 1. The lowest BCUT2D eigenvalue weighted by molar-refractivity contribution is -0.137. The quantitative estimate of drug-likeness (QED) is 0.684. The van der Waals surface area contributed by atoms with Gasteiger partial charge in [-0.25, -0.2) is 0 Å². The average Bonchev–Trinajstić information content (AvgIpc) is 3.17. The van der Waals surface area contributed by atoms with Crippen LogP contribution < -0.4 is 0 Å². The van der Waals surface area contributed by atoms with Gasteiger partial charge in [0.15, 0.2) is 5.78 Å². The molecule has 0 aromatic heterocycles. The summed E-state index contributed by atoms with van der Waals surface area (Å²) in [4.78, 5) is 24.4. The fourth-order valence-electron chi connectivity index (χ4n) is 8.17. The smallest absolute Gasteiger partial charge is 0.164 e. The molecule has 4 saturated carbocycles. The summed E-state index contributed by atoms with van der Waals surface area (Å²) in [7, 11) is 0. The van der Waals surface area contributed by atoms with Gasteiger partial charge in [0.2, 0.25) is 0 Å². The molecular weight excluding hydrogens is 300 g/mol. The van der Waals surface area contributed by atoms with Crippen LogP contribution in [0.1, 0.15) is 72.1 Å². The number of hydrogen-bond acceptors (Lipinski definition) is 3. The number of fused-ring (bicyclic) bond motifs is 4. The minimum atomic E-state index is -0.115. The highest BCUT2D eigenvalue weighted by molar-refractivity contribution is 5.88. The summed E-state index contributed by atoms with van der Waals surface area (Å²) < 4.78 is 6.13. The maximum absolute atomic E-state index is 12.2. The first kappa shape index (κ1) is 15.5. The Morgan fingerprint density at radius 1 is 1.04 bits per heavy atom. The molecule has 1 saturated heterocycles. The molecular formula is C21H30O3. The van der Waals surface area contributed by atoms with E-state index in [1.807, 2.05) is 0 Å². The van der Waals surface area contributed by atoms with Gasteiger partial charge in [-0.05, 0) is 75.0 Å². The second kappa shape index (κ2) is 4.52. The zero-order valence-corrected chi connectivity index (χ0v) is 15.3. The topological polar surface area (TPSA) is 46.7 Å². The SMILES string of the molecule is CC(=O)[C@H]1CC[C@H]2[C@@H]3CC[C@]45O[C@H]4C(=O)CC[C@]5(C)[C@H]3CC[C@]12C. The van der Waals surface area contributed by atoms with Crippen molar-refractivity contribution in [3.8, 4) is 0 Å². The van der Waals surface area contributed by atoms with Gasteiger partial charge in [-0.2, -0.15) is 0 Å². The molecule has 4 aliphatic carbocycles. The summed E-state index contributed by atoms with van der Waals surface area (Å²) in [6, 6.07) is 0. The summed E-state index contributed by atoms with van der Waals surface area (Å²) in [5.74, 6) is 3.17. The van der Waals surface area contributed by atoms with Gasteiger partial charge < -0.3 is 4.74 Å². The first-order valence-corrected chi connectivity index (χ1v) is 10.0. The number of epoxide rings is 1. The third-order valence-electron chi connectivity index (χ3n) is 9.44. The molecule has 0 radical (unpaired) electrons. The van der Waals surface area contributed by atoms with Crippen LogP contribution in [-0.2, 0) is 14.3 Å². The van der Waals surface area contributed by atoms with Crippen LogP contribution in [0, 0.1) is 34.5 Å². The van der Waals surface area contributed by atoms with E-state index in [1.54, 1.807) is 6.92 Å². The largest absolute Gasteiger partial charge is 0.357 e. The molecule has 132 valence electrons. The first-order valence-electron chi connectivity index (χ1n) is 10.0. The summed E-state index contributed by atoms with van der Waals surface area (Å²) in [6.45, 7) is 6.63. The molecule has 1 aliphatic heterocycles. The lowest BCUT2D eigenvalue weighted by Crippen LogP contribution is -2.58. The van der Waals surface area contributed by atoms with Crippen LogP contribution in [0.2, 0.25) is 0 Å². The maximum atomic E-state index is 12.2. The Morgan fingerprint density at radius 3 is 2.58 bits per heavy atom. The lowest BCUT2D eigenvalue weighted by atomic mass is 9.44. The monoisotopic (exact) mass is 330 g/mol. The molecule has 5 fully saturated rings. The van der Waals surface area contributed by atoms with Gasteiger partial charge in [0, 0.05) is 17.8 Å². The van der Waals surface area contributed by atoms with Gasteiger partial charge in [0.05, 0.1) is 0 Å². The van der Waals surface area contributed by atoms with Crippen LogP contribution in [0.4, 0.5) is 0 Å². The molecule has 0 bridgehead atoms. The molecule has 0 aromatic rings. The Hall–Kier alpha value is -0.700. The Labute approximate surface area is 144 Å². The molecule has 3 heteroatoms. The third kappa shape index (κ3) is 1.59. The van der Waals surface area contributed by atoms with Crippen LogP contribution >= 0.6 is 0 Å². The van der Waals surface area contributed by atoms with Gasteiger partial charge >= 0.3 is 0 Å². The number of Topliss-reactive ketones (excluding diaryl/α,β-unsaturated/α-hetero) is 2. The van der Waals surface area contributed by atoms with Crippen LogP contribution in [0.3, 0.4) is 0 Å². The van der Waals surface area contributed by atoms with E-state index in [-0.39, 0.29) is 28.5 Å². The minimum absolute atomic E-state index is 0.0842. The minimum Gasteiger partial charge on any atom is -0.357 e. The number of carbonyl (C=O) groups excluding carboxylic acids is 2. The van der Waals surface area contributed by atoms with Crippen molar-refractivity contribution < 1.29 is 14.3 Å². The Kier molecular flexibility index (Phi) is 2.93. The van der Waals surface area contributed by atoms with E-state index in [9.17, 15) is 9.59 Å². The molecule has 8 atom stereocenters. The van der Waals surface area contributed by atoms with Crippen molar-refractivity contribution in [2.24, 2.45) is 34.5 Å². The zero-order chi connectivity index (χ0) is 16.9. The van der Waals surface area contributed by atoms with Crippen molar-refractivity contribution in [2.45, 2.75) is 83.8 Å². The van der Waals surface area contributed by atoms with E-state index in [2.05, 4.69) is 13.8 Å². The molecule has 3 nitrogen and oxygen atoms in total. The predicted octanol–water partition coefficient (Wildman–Crippen LogP) is 3.93. The molecule has 0 unspecified atom stereocenters. The average molecular weight is 330 g/mol. The number of rotatable bonds is 1. The standard InChI is InChI=1S/C21H30O3/c1-12(22)14-4-5-15-13-6-11-21-18(24-21)17(23)8-10-20(21,3)16(13)7-9-19(14,15)2/h13-16,18H,4-11H2,1-3H3/t13-,14+,15-,16-,18-,19+,20+,21-/m0/s1. The van der Waals surface area contributed by atoms with Crippen molar-refractivity contribution in [3.63, 3.8) is 0 Å². The predicted molar refractivity (Wildman–Crippen MR) is 90.4 cm³/mol. The van der Waals surface area contributed by atoms with Crippen LogP contribution in [-0.4, -0.2) is 23.3 Å². The van der Waals surface area contributed by atoms with Crippen molar-refractivity contribution in [1.29, 1.82) is 0 Å². The molecule has 0 aromatic carbocycles. The van der Waals surface area contributed by atoms with Crippen LogP contribution in [0.15, 0.2) is 0 Å². The summed E-state index contributed by atoms with van der Waals surface area (Å²) in [5, 5.41) is 0. The van der Waals surface area contributed by atoms with Crippen molar-refractivity contribution >= 4 is 11.6 Å². The Bertz CT molecular complexity index is 627. The van der Waals surface area contributed by atoms with Crippen LogP contribution in [0.5, 0.6) is 0 Å². The van der Waals surface area contributed by atoms with Gasteiger partial charge in [-0.1, -0.05) is 13.8 Å². The van der Waals surface area contributed by atoms with E-state index in [4.69, 9.17) is 4.74 Å². The van der Waals surface area contributed by atoms with Gasteiger partial charge in [-0.3, -0.25) is 9.59 Å². The van der Waals surface area contributed by atoms with Crippen LogP contribution in [0.25, 0.3) is 0 Å². The van der Waals surface area contributed by atoms with E-state index in [0.29, 0.717) is 29.8 Å². The second-order valence-corrected chi connectivity index (χ2v) is 9.97. The summed E-state index contributed by atoms with van der Waals surface area (Å²) in [5.41, 5.74) is 0.294. The summed E-state index contributed by atoms with van der Waals surface area (Å²) >= 11 is 0. The second-order valence-electron chi connectivity index (χ2n) is 9.97. The number of ketones is 2. The lowest BCUT2D eigenvalue weighted by Gasteiger charge is -2.59. The zero-order valence-electron chi connectivity index (χ0n) is 15.3. The summed E-state index contributed by atoms with van der Waals surface area (Å²) in [6.07, 6.45) is 8.66. The fraction of sp³-hybridized carbons (Fsp3) is 0.905. The molecule has 5 rings (SSSR count). The number of hydrogen-bond donors (Lipinski definition) is 0. The molecule has 0 amide bonds. The fourth-order valence-corrected chi connectivity index (χ4v) is 8.17. The van der Waals surface area contributed by atoms with E-state index < -0.39 is 0 Å². The molecule has 24 heavy (non-hydrogen) atoms. The van der Waals surface area contributed by atoms with E-state index in [0.717, 1.165) is 25.2 Å². The highest BCUT2D eigenvalue weighted by Crippen LogP contribution is 2.72. The molecule has 1 heterocycles. The normalized spacial score (nSPS) is 58.3. The maximum Gasteiger partial charge on any atom is 0.164 e. The van der Waals surface area contributed by atoms with Crippen molar-refractivity contribution in [2.75, 3.05) is 0 Å². The van der Waals surface area contributed by atoms with Gasteiger partial charge in [-0.15, -0.1) is 0 Å². The third-order valence-corrected chi connectivity index (χ3v) is 9.44. The molecule has 1 spiro atoms. The Balaban J connectivity index is 1.49. The number of carbonyl (C=O) groups is 2. The van der Waals surface area contributed by atoms with Crippen molar-refractivity contribution in [3.05, 3.63) is 0 Å².